The van der Waals surface area contributed by atoms with E-state index in [-0.39, 0.29) is 37.0 Å². The van der Waals surface area contributed by atoms with Crippen LogP contribution in [0.25, 0.3) is 0 Å². The number of hydrogen-bond acceptors (Lipinski definition) is 4. The van der Waals surface area contributed by atoms with E-state index < -0.39 is 11.0 Å². The molecular formula is C19H17Cl2N3O4. The van der Waals surface area contributed by atoms with Gasteiger partial charge in [-0.25, -0.2) is 0 Å². The number of nitro benzene ring substituents is 1. The van der Waals surface area contributed by atoms with Crippen LogP contribution < -0.4 is 5.32 Å². The molecular weight excluding hydrogens is 405 g/mol. The highest BCUT2D eigenvalue weighted by atomic mass is 35.5. The maximum atomic E-state index is 12.6. The van der Waals surface area contributed by atoms with E-state index in [0.29, 0.717) is 16.5 Å². The van der Waals surface area contributed by atoms with Crippen molar-refractivity contribution in [1.82, 2.24) is 10.2 Å². The highest BCUT2D eigenvalue weighted by Crippen LogP contribution is 2.24. The maximum absolute atomic E-state index is 12.6. The summed E-state index contributed by atoms with van der Waals surface area (Å²) in [5, 5.41) is 14.5. The molecule has 2 amide bonds. The van der Waals surface area contributed by atoms with Gasteiger partial charge in [-0.2, -0.15) is 0 Å². The molecule has 0 unspecified atom stereocenters. The Morgan fingerprint density at radius 2 is 1.93 bits per heavy atom. The number of nitro groups is 1. The highest BCUT2D eigenvalue weighted by Gasteiger charge is 2.35. The fourth-order valence-electron chi connectivity index (χ4n) is 3.09. The molecule has 1 atom stereocenters. The predicted octanol–water partition coefficient (Wildman–Crippen LogP) is 3.71. The summed E-state index contributed by atoms with van der Waals surface area (Å²) in [6, 6.07) is 10.4. The average molecular weight is 422 g/mol. The molecule has 1 aliphatic heterocycles. The van der Waals surface area contributed by atoms with Gasteiger partial charge < -0.3 is 10.2 Å². The minimum absolute atomic E-state index is 0.0226. The molecule has 0 radical (unpaired) electrons. The summed E-state index contributed by atoms with van der Waals surface area (Å²) in [6.07, 6.45) is 0.707. The lowest BCUT2D eigenvalue weighted by Crippen LogP contribution is -2.44. The first kappa shape index (κ1) is 20.1. The summed E-state index contributed by atoms with van der Waals surface area (Å²) >= 11 is 12.0. The van der Waals surface area contributed by atoms with E-state index in [1.807, 2.05) is 0 Å². The zero-order chi connectivity index (χ0) is 20.3. The van der Waals surface area contributed by atoms with Crippen LogP contribution in [0.15, 0.2) is 42.5 Å². The standard InChI is InChI=1S/C19H17Cl2N3O4/c20-14-4-3-13(16(21)9-14)10-22-19(26)17-7-8-18(25)23(17)11-12-1-5-15(6-2-12)24(27)28/h1-6,9,17H,7-8,10-11H2,(H,22,26)/t17-/m0/s1. The SMILES string of the molecule is O=C(NCc1ccc(Cl)cc1Cl)[C@@H]1CCC(=O)N1Cc1ccc([N+](=O)[O-])cc1. The molecule has 1 N–H and O–H groups in total. The van der Waals surface area contributed by atoms with Crippen molar-refractivity contribution in [3.63, 3.8) is 0 Å². The summed E-state index contributed by atoms with van der Waals surface area (Å²) in [7, 11) is 0. The van der Waals surface area contributed by atoms with Crippen LogP contribution in [-0.2, 0) is 22.7 Å². The predicted molar refractivity (Wildman–Crippen MR) is 105 cm³/mol. The van der Waals surface area contributed by atoms with Gasteiger partial charge in [-0.05, 0) is 29.7 Å². The number of halogens is 2. The number of nitrogens with zero attached hydrogens (tertiary/aromatic N) is 2. The van der Waals surface area contributed by atoms with E-state index in [1.165, 1.54) is 17.0 Å². The second kappa shape index (κ2) is 8.58. The number of non-ortho nitro benzene ring substituents is 1. The summed E-state index contributed by atoms with van der Waals surface area (Å²) in [5.74, 6) is -0.387. The van der Waals surface area contributed by atoms with Gasteiger partial charge in [0.1, 0.15) is 6.04 Å². The van der Waals surface area contributed by atoms with Crippen molar-refractivity contribution in [3.05, 3.63) is 73.8 Å². The van der Waals surface area contributed by atoms with Gasteiger partial charge in [-0.3, -0.25) is 19.7 Å². The van der Waals surface area contributed by atoms with Gasteiger partial charge in [0.05, 0.1) is 4.92 Å². The van der Waals surface area contributed by atoms with Gasteiger partial charge in [0, 0.05) is 41.7 Å². The first-order valence-corrected chi connectivity index (χ1v) is 9.35. The van der Waals surface area contributed by atoms with Crippen LogP contribution in [0, 0.1) is 10.1 Å². The fourth-order valence-corrected chi connectivity index (χ4v) is 3.56. The molecule has 2 aromatic rings. The molecule has 0 spiro atoms. The summed E-state index contributed by atoms with van der Waals surface area (Å²) in [5.41, 5.74) is 1.43. The number of carbonyl (C=O) groups is 2. The Labute approximate surface area is 171 Å². The van der Waals surface area contributed by atoms with Gasteiger partial charge in [-0.15, -0.1) is 0 Å². The molecule has 7 nitrogen and oxygen atoms in total. The third-order valence-corrected chi connectivity index (χ3v) is 5.19. The topological polar surface area (TPSA) is 92.6 Å². The van der Waals surface area contributed by atoms with Gasteiger partial charge in [0.25, 0.3) is 5.69 Å². The Hall–Kier alpha value is -2.64. The number of rotatable bonds is 6. The van der Waals surface area contributed by atoms with Gasteiger partial charge in [0.15, 0.2) is 0 Å². The largest absolute Gasteiger partial charge is 0.350 e. The van der Waals surface area contributed by atoms with Crippen LogP contribution >= 0.6 is 23.2 Å². The minimum atomic E-state index is -0.589. The van der Waals surface area contributed by atoms with E-state index in [4.69, 9.17) is 23.2 Å². The number of nitrogens with one attached hydrogen (secondary N) is 1. The number of likely N-dealkylation sites (tertiary alicyclic amines) is 1. The molecule has 1 saturated heterocycles. The zero-order valence-corrected chi connectivity index (χ0v) is 16.2. The van der Waals surface area contributed by atoms with Crippen molar-refractivity contribution in [3.8, 4) is 0 Å². The monoisotopic (exact) mass is 421 g/mol. The van der Waals surface area contributed by atoms with E-state index in [9.17, 15) is 19.7 Å². The van der Waals surface area contributed by atoms with Gasteiger partial charge in [0.2, 0.25) is 11.8 Å². The van der Waals surface area contributed by atoms with E-state index in [0.717, 1.165) is 11.1 Å². The average Bonchev–Trinajstić information content (AvgIpc) is 3.02. The van der Waals surface area contributed by atoms with Crippen molar-refractivity contribution in [2.75, 3.05) is 0 Å². The second-order valence-corrected chi connectivity index (χ2v) is 7.30. The molecule has 1 heterocycles. The van der Waals surface area contributed by atoms with Crippen LogP contribution in [-0.4, -0.2) is 27.7 Å². The minimum Gasteiger partial charge on any atom is -0.350 e. The Kier molecular flexibility index (Phi) is 6.16. The number of carbonyl (C=O) groups excluding carboxylic acids is 2. The summed E-state index contributed by atoms with van der Waals surface area (Å²) in [6.45, 7) is 0.446. The van der Waals surface area contributed by atoms with Crippen molar-refractivity contribution in [1.29, 1.82) is 0 Å². The molecule has 0 saturated carbocycles. The molecule has 0 aliphatic carbocycles. The zero-order valence-electron chi connectivity index (χ0n) is 14.7. The van der Waals surface area contributed by atoms with E-state index in [1.54, 1.807) is 30.3 Å². The molecule has 0 aromatic heterocycles. The molecule has 3 rings (SSSR count). The van der Waals surface area contributed by atoms with Crippen LogP contribution in [0.3, 0.4) is 0 Å². The lowest BCUT2D eigenvalue weighted by molar-refractivity contribution is -0.384. The summed E-state index contributed by atoms with van der Waals surface area (Å²) < 4.78 is 0. The number of hydrogen-bond donors (Lipinski definition) is 1. The van der Waals surface area contributed by atoms with Crippen molar-refractivity contribution < 1.29 is 14.5 Å². The molecule has 9 heteroatoms. The van der Waals surface area contributed by atoms with Crippen LogP contribution in [0.5, 0.6) is 0 Å². The molecule has 28 heavy (non-hydrogen) atoms. The van der Waals surface area contributed by atoms with Crippen LogP contribution in [0.4, 0.5) is 5.69 Å². The quantitative estimate of drug-likeness (QED) is 0.568. The maximum Gasteiger partial charge on any atom is 0.269 e. The third kappa shape index (κ3) is 4.61. The Bertz CT molecular complexity index is 918. The molecule has 1 aliphatic rings. The first-order chi connectivity index (χ1) is 13.3. The number of benzene rings is 2. The highest BCUT2D eigenvalue weighted by molar-refractivity contribution is 6.35. The van der Waals surface area contributed by atoms with Gasteiger partial charge in [-0.1, -0.05) is 41.4 Å². The molecule has 146 valence electrons. The molecule has 2 aromatic carbocycles. The van der Waals surface area contributed by atoms with Gasteiger partial charge >= 0.3 is 0 Å². The Morgan fingerprint density at radius 3 is 2.57 bits per heavy atom. The summed E-state index contributed by atoms with van der Waals surface area (Å²) in [4.78, 5) is 36.6. The lowest BCUT2D eigenvalue weighted by atomic mass is 10.1. The first-order valence-electron chi connectivity index (χ1n) is 8.59. The van der Waals surface area contributed by atoms with Crippen molar-refractivity contribution in [2.24, 2.45) is 0 Å². The second-order valence-electron chi connectivity index (χ2n) is 6.45. The lowest BCUT2D eigenvalue weighted by Gasteiger charge is -2.24. The third-order valence-electron chi connectivity index (χ3n) is 4.60. The van der Waals surface area contributed by atoms with E-state index in [2.05, 4.69) is 5.32 Å². The fraction of sp³-hybridized carbons (Fsp3) is 0.263. The smallest absolute Gasteiger partial charge is 0.269 e. The Balaban J connectivity index is 1.65. The Morgan fingerprint density at radius 1 is 1.21 bits per heavy atom. The number of amides is 2. The van der Waals surface area contributed by atoms with Crippen LogP contribution in [0.2, 0.25) is 10.0 Å². The van der Waals surface area contributed by atoms with Crippen molar-refractivity contribution in [2.45, 2.75) is 32.0 Å². The normalized spacial score (nSPS) is 16.3. The molecule has 0 bridgehead atoms. The van der Waals surface area contributed by atoms with Crippen LogP contribution in [0.1, 0.15) is 24.0 Å². The molecule has 1 fully saturated rings. The van der Waals surface area contributed by atoms with E-state index >= 15 is 0 Å². The van der Waals surface area contributed by atoms with Crippen molar-refractivity contribution >= 4 is 40.7 Å².